The number of nitrogens with two attached hydrogens (primary N) is 2. The van der Waals surface area contributed by atoms with E-state index in [0.29, 0.717) is 24.3 Å². The Labute approximate surface area is 127 Å². The van der Waals surface area contributed by atoms with Gasteiger partial charge >= 0.3 is 5.97 Å². The molecule has 112 valence electrons. The fourth-order valence-corrected chi connectivity index (χ4v) is 2.76. The highest BCUT2D eigenvalue weighted by Crippen LogP contribution is 2.22. The fraction of sp³-hybridized carbons (Fsp3) is 0.176. The molecule has 5 heteroatoms. The lowest BCUT2D eigenvalue weighted by Crippen LogP contribution is -2.36. The van der Waals surface area contributed by atoms with Gasteiger partial charge in [-0.2, -0.15) is 4.57 Å². The van der Waals surface area contributed by atoms with Crippen LogP contribution in [-0.2, 0) is 11.3 Å². The maximum Gasteiger partial charge on any atom is 0.303 e. The summed E-state index contributed by atoms with van der Waals surface area (Å²) in [7, 11) is 0. The molecule has 0 saturated heterocycles. The van der Waals surface area contributed by atoms with Crippen LogP contribution in [0.5, 0.6) is 0 Å². The molecule has 0 aliphatic heterocycles. The lowest BCUT2D eigenvalue weighted by atomic mass is 10.1. The Morgan fingerprint density at radius 1 is 0.955 bits per heavy atom. The van der Waals surface area contributed by atoms with Crippen molar-refractivity contribution in [1.82, 2.24) is 0 Å². The number of nitrogen functional groups attached to an aromatic ring is 2. The molecule has 22 heavy (non-hydrogen) atoms. The van der Waals surface area contributed by atoms with Crippen LogP contribution in [0.1, 0.15) is 12.8 Å². The molecule has 0 aliphatic carbocycles. The van der Waals surface area contributed by atoms with Gasteiger partial charge in [0.1, 0.15) is 6.54 Å². The average Bonchev–Trinajstić information content (AvgIpc) is 2.47. The van der Waals surface area contributed by atoms with Crippen molar-refractivity contribution < 1.29 is 14.5 Å². The van der Waals surface area contributed by atoms with Gasteiger partial charge in [-0.15, -0.1) is 0 Å². The first-order valence-electron chi connectivity index (χ1n) is 7.18. The van der Waals surface area contributed by atoms with Crippen LogP contribution in [0.15, 0.2) is 42.5 Å². The number of nitrogens with zero attached hydrogens (tertiary/aromatic N) is 1. The van der Waals surface area contributed by atoms with E-state index in [0.717, 1.165) is 21.8 Å². The van der Waals surface area contributed by atoms with E-state index in [-0.39, 0.29) is 6.42 Å². The van der Waals surface area contributed by atoms with Gasteiger partial charge in [-0.1, -0.05) is 0 Å². The highest BCUT2D eigenvalue weighted by Gasteiger charge is 2.16. The SMILES string of the molecule is Nc1ccc2cc3ccc(N)cc3[n+](CCCC(=O)O)c2c1. The van der Waals surface area contributed by atoms with Crippen molar-refractivity contribution in [3.05, 3.63) is 42.5 Å². The summed E-state index contributed by atoms with van der Waals surface area (Å²) in [4.78, 5) is 10.8. The molecule has 0 saturated carbocycles. The van der Waals surface area contributed by atoms with E-state index in [1.54, 1.807) is 0 Å². The normalized spacial score (nSPS) is 11.1. The number of carbonyl (C=O) groups is 1. The standard InChI is InChI=1S/C17H17N3O2/c18-13-5-3-11-8-12-4-6-14(19)10-16(12)20(15(11)9-13)7-1-2-17(21)22/h3-6,8-10H,1-2,7H2,(H4,18,19,21,22)/p+1. The quantitative estimate of drug-likeness (QED) is 0.391. The van der Waals surface area contributed by atoms with Crippen LogP contribution in [0.4, 0.5) is 11.4 Å². The largest absolute Gasteiger partial charge is 0.481 e. The fourth-order valence-electron chi connectivity index (χ4n) is 2.76. The zero-order valence-electron chi connectivity index (χ0n) is 12.1. The van der Waals surface area contributed by atoms with Crippen molar-refractivity contribution in [3.63, 3.8) is 0 Å². The molecule has 0 amide bonds. The molecule has 5 nitrogen and oxygen atoms in total. The number of carboxylic acids is 1. The summed E-state index contributed by atoms with van der Waals surface area (Å²) < 4.78 is 2.10. The van der Waals surface area contributed by atoms with E-state index >= 15 is 0 Å². The van der Waals surface area contributed by atoms with Gasteiger partial charge in [0.05, 0.1) is 6.42 Å². The molecular formula is C17H18N3O2+. The second-order valence-corrected chi connectivity index (χ2v) is 5.43. The van der Waals surface area contributed by atoms with Gasteiger partial charge in [0.15, 0.2) is 0 Å². The van der Waals surface area contributed by atoms with Crippen molar-refractivity contribution >= 4 is 39.1 Å². The number of pyridine rings is 1. The first-order chi connectivity index (χ1) is 10.5. The summed E-state index contributed by atoms with van der Waals surface area (Å²) in [5, 5.41) is 11.0. The first kappa shape index (κ1) is 14.1. The number of benzene rings is 2. The number of hydrogen-bond donors (Lipinski definition) is 3. The Balaban J connectivity index is 2.21. The number of carboxylic acid groups (broad SMARTS) is 1. The van der Waals surface area contributed by atoms with Crippen LogP contribution in [0, 0.1) is 0 Å². The molecule has 2 aromatic carbocycles. The lowest BCUT2D eigenvalue weighted by molar-refractivity contribution is -0.645. The molecule has 0 aliphatic rings. The van der Waals surface area contributed by atoms with Crippen molar-refractivity contribution in [2.45, 2.75) is 19.4 Å². The van der Waals surface area contributed by atoms with Crippen molar-refractivity contribution in [2.24, 2.45) is 0 Å². The van der Waals surface area contributed by atoms with Gasteiger partial charge in [0.25, 0.3) is 0 Å². The van der Waals surface area contributed by atoms with Gasteiger partial charge in [-0.3, -0.25) is 4.79 Å². The number of aliphatic carboxylic acids is 1. The molecule has 0 unspecified atom stereocenters. The van der Waals surface area contributed by atoms with Gasteiger partial charge in [0.2, 0.25) is 11.0 Å². The number of anilines is 2. The molecule has 0 fully saturated rings. The summed E-state index contributed by atoms with van der Waals surface area (Å²) >= 11 is 0. The molecule has 0 spiro atoms. The van der Waals surface area contributed by atoms with Crippen LogP contribution in [0.3, 0.4) is 0 Å². The molecule has 0 atom stereocenters. The molecule has 0 radical (unpaired) electrons. The zero-order chi connectivity index (χ0) is 15.7. The van der Waals surface area contributed by atoms with Crippen LogP contribution in [-0.4, -0.2) is 11.1 Å². The molecular weight excluding hydrogens is 278 g/mol. The Morgan fingerprint density at radius 3 is 2.00 bits per heavy atom. The van der Waals surface area contributed by atoms with Crippen molar-refractivity contribution in [2.75, 3.05) is 11.5 Å². The Morgan fingerprint density at radius 2 is 1.50 bits per heavy atom. The molecule has 3 aromatic rings. The number of rotatable bonds is 4. The van der Waals surface area contributed by atoms with Crippen LogP contribution in [0.2, 0.25) is 0 Å². The molecule has 0 bridgehead atoms. The van der Waals surface area contributed by atoms with E-state index in [1.165, 1.54) is 0 Å². The van der Waals surface area contributed by atoms with E-state index in [9.17, 15) is 4.79 Å². The third kappa shape index (κ3) is 2.65. The van der Waals surface area contributed by atoms with Gasteiger partial charge in [0, 0.05) is 40.7 Å². The number of aromatic nitrogens is 1. The van der Waals surface area contributed by atoms with Crippen LogP contribution < -0.4 is 16.0 Å². The summed E-state index contributed by atoms with van der Waals surface area (Å²) in [6, 6.07) is 13.6. The number of hydrogen-bond acceptors (Lipinski definition) is 3. The van der Waals surface area contributed by atoms with E-state index in [2.05, 4.69) is 10.6 Å². The Kier molecular flexibility index (Phi) is 3.55. The average molecular weight is 296 g/mol. The highest BCUT2D eigenvalue weighted by molar-refractivity contribution is 5.91. The van der Waals surface area contributed by atoms with Crippen molar-refractivity contribution in [1.29, 1.82) is 0 Å². The lowest BCUT2D eigenvalue weighted by Gasteiger charge is -2.07. The summed E-state index contributed by atoms with van der Waals surface area (Å²) in [6.07, 6.45) is 0.688. The molecule has 1 heterocycles. The second kappa shape index (κ2) is 5.52. The Bertz CT molecular complexity index is 815. The second-order valence-electron chi connectivity index (χ2n) is 5.43. The minimum Gasteiger partial charge on any atom is -0.481 e. The monoisotopic (exact) mass is 296 g/mol. The van der Waals surface area contributed by atoms with Crippen LogP contribution in [0.25, 0.3) is 21.8 Å². The van der Waals surface area contributed by atoms with Crippen LogP contribution >= 0.6 is 0 Å². The van der Waals surface area contributed by atoms with Gasteiger partial charge in [-0.05, 0) is 30.3 Å². The topological polar surface area (TPSA) is 93.2 Å². The number of fused-ring (bicyclic) bond motifs is 2. The predicted molar refractivity (Wildman–Crippen MR) is 87.3 cm³/mol. The highest BCUT2D eigenvalue weighted by atomic mass is 16.4. The van der Waals surface area contributed by atoms with Gasteiger partial charge in [-0.25, -0.2) is 0 Å². The first-order valence-corrected chi connectivity index (χ1v) is 7.18. The maximum absolute atomic E-state index is 10.8. The predicted octanol–water partition coefficient (Wildman–Crippen LogP) is 2.31. The zero-order valence-corrected chi connectivity index (χ0v) is 12.1. The third-order valence-corrected chi connectivity index (χ3v) is 3.77. The Hall–Kier alpha value is -2.82. The van der Waals surface area contributed by atoms with E-state index < -0.39 is 5.97 Å². The van der Waals surface area contributed by atoms with Gasteiger partial charge < -0.3 is 16.6 Å². The van der Waals surface area contributed by atoms with E-state index in [4.69, 9.17) is 16.6 Å². The minimum absolute atomic E-state index is 0.134. The summed E-state index contributed by atoms with van der Waals surface area (Å²) in [5.74, 6) is -0.788. The van der Waals surface area contributed by atoms with Crippen molar-refractivity contribution in [3.8, 4) is 0 Å². The molecule has 1 aromatic heterocycles. The maximum atomic E-state index is 10.8. The molecule has 5 N–H and O–H groups in total. The van der Waals surface area contributed by atoms with E-state index in [1.807, 2.05) is 36.4 Å². The molecule has 3 rings (SSSR count). The summed E-state index contributed by atoms with van der Waals surface area (Å²) in [5.41, 5.74) is 15.2. The minimum atomic E-state index is -0.788. The summed E-state index contributed by atoms with van der Waals surface area (Å²) in [6.45, 7) is 0.604. The smallest absolute Gasteiger partial charge is 0.303 e. The number of aryl methyl sites for hydroxylation is 1. The third-order valence-electron chi connectivity index (χ3n) is 3.77.